The van der Waals surface area contributed by atoms with Crippen LogP contribution in [0.5, 0.6) is 5.75 Å². The van der Waals surface area contributed by atoms with Crippen LogP contribution in [0.1, 0.15) is 48.4 Å². The van der Waals surface area contributed by atoms with E-state index < -0.39 is 37.8 Å². The van der Waals surface area contributed by atoms with Crippen LogP contribution in [0, 0.1) is 11.8 Å². The largest absolute Gasteiger partial charge is 0.508 e. The molecule has 9 nitrogen and oxygen atoms in total. The van der Waals surface area contributed by atoms with Gasteiger partial charge in [0.25, 0.3) is 0 Å². The molecule has 0 saturated heterocycles. The van der Waals surface area contributed by atoms with Gasteiger partial charge in [-0.1, -0.05) is 53.9 Å². The van der Waals surface area contributed by atoms with Gasteiger partial charge in [-0.05, 0) is 42.1 Å². The first-order valence-corrected chi connectivity index (χ1v) is 17.3. The molecule has 0 spiro atoms. The molecule has 0 radical (unpaired) electrons. The summed E-state index contributed by atoms with van der Waals surface area (Å²) in [6, 6.07) is 5.89. The highest BCUT2D eigenvalue weighted by Crippen LogP contribution is 2.56. The van der Waals surface area contributed by atoms with Gasteiger partial charge in [0, 0.05) is 31.4 Å². The molecular weight excluding hydrogens is 534 g/mol. The van der Waals surface area contributed by atoms with Crippen LogP contribution in [0.2, 0.25) is 30.0 Å². The fraction of sp³-hybridized carbons (Fsp3) is 0.560. The summed E-state index contributed by atoms with van der Waals surface area (Å²) >= 11 is 7.13. The molecule has 2 aromatic rings. The summed E-state index contributed by atoms with van der Waals surface area (Å²) in [5, 5.41) is 18.6. The number of carbonyl (C=O) groups excluding carboxylic acids is 2. The van der Waals surface area contributed by atoms with Gasteiger partial charge < -0.3 is 19.4 Å². The van der Waals surface area contributed by atoms with E-state index in [1.165, 1.54) is 0 Å². The summed E-state index contributed by atoms with van der Waals surface area (Å²) in [6.45, 7) is 9.16. The molecule has 2 bridgehead atoms. The lowest BCUT2D eigenvalue weighted by Gasteiger charge is -2.47. The maximum absolute atomic E-state index is 13.5. The third kappa shape index (κ3) is 6.15. The van der Waals surface area contributed by atoms with Gasteiger partial charge in [0.2, 0.25) is 0 Å². The minimum Gasteiger partial charge on any atom is -0.508 e. The van der Waals surface area contributed by atoms with E-state index in [1.54, 1.807) is 12.1 Å². The number of halogens is 1. The highest BCUT2D eigenvalue weighted by molar-refractivity contribution is 7.10. The number of oxime groups is 1. The van der Waals surface area contributed by atoms with E-state index in [0.29, 0.717) is 35.2 Å². The maximum atomic E-state index is 13.5. The summed E-state index contributed by atoms with van der Waals surface area (Å²) in [6.07, 6.45) is 1.07. The van der Waals surface area contributed by atoms with Crippen molar-refractivity contribution in [3.63, 3.8) is 0 Å². The second-order valence-electron chi connectivity index (χ2n) is 10.6. The molecule has 1 aromatic carbocycles. The Morgan fingerprint density at radius 1 is 1.16 bits per heavy atom. The number of phenolic OH excluding ortho intramolecular Hbond substituents is 1. The van der Waals surface area contributed by atoms with Crippen LogP contribution in [0.3, 0.4) is 0 Å². The van der Waals surface area contributed by atoms with Crippen LogP contribution in [0.25, 0.3) is 0 Å². The zero-order valence-electron chi connectivity index (χ0n) is 21.4. The Balaban J connectivity index is 1.68. The lowest BCUT2D eigenvalue weighted by atomic mass is 9.55. The van der Waals surface area contributed by atoms with E-state index in [1.807, 2.05) is 13.0 Å². The monoisotopic (exact) mass is 565 g/mol. The summed E-state index contributed by atoms with van der Waals surface area (Å²) in [5.74, 6) is -3.33. The van der Waals surface area contributed by atoms with E-state index in [0.717, 1.165) is 28.7 Å². The van der Waals surface area contributed by atoms with Crippen LogP contribution in [0.15, 0.2) is 23.4 Å². The first kappa shape index (κ1) is 27.5. The summed E-state index contributed by atoms with van der Waals surface area (Å²) in [5.41, 5.74) is 2.72. The summed E-state index contributed by atoms with van der Waals surface area (Å²) < 4.78 is 15.5. The fourth-order valence-electron chi connectivity index (χ4n) is 4.99. The molecule has 1 N–H and O–H groups in total. The van der Waals surface area contributed by atoms with Crippen molar-refractivity contribution in [2.75, 3.05) is 13.2 Å². The van der Waals surface area contributed by atoms with Gasteiger partial charge in [-0.2, -0.15) is 0 Å². The number of ether oxygens (including phenoxy) is 2. The van der Waals surface area contributed by atoms with Crippen molar-refractivity contribution in [1.82, 2.24) is 9.59 Å². The Kier molecular flexibility index (Phi) is 8.55. The normalized spacial score (nSPS) is 23.5. The highest BCUT2D eigenvalue weighted by Gasteiger charge is 2.57. The second-order valence-corrected chi connectivity index (χ2v) is 17.6. The highest BCUT2D eigenvalue weighted by atomic mass is 35.5. The fourth-order valence-corrected chi connectivity index (χ4v) is 6.31. The number of hydrogen-bond acceptors (Lipinski definition) is 10. The molecule has 200 valence electrons. The van der Waals surface area contributed by atoms with Crippen LogP contribution in [-0.4, -0.2) is 53.6 Å². The van der Waals surface area contributed by atoms with E-state index in [-0.39, 0.29) is 24.9 Å². The molecule has 4 atom stereocenters. The molecule has 1 saturated carbocycles. The molecule has 5 rings (SSSR count). The van der Waals surface area contributed by atoms with Crippen LogP contribution < -0.4 is 0 Å². The third-order valence-corrected chi connectivity index (χ3v) is 9.44. The number of rotatable bonds is 10. The third-order valence-electron chi connectivity index (χ3n) is 6.75. The van der Waals surface area contributed by atoms with Gasteiger partial charge in [0.15, 0.2) is 6.61 Å². The molecule has 12 heteroatoms. The zero-order chi connectivity index (χ0) is 26.7. The Morgan fingerprint density at radius 2 is 1.89 bits per heavy atom. The molecule has 1 fully saturated rings. The SMILES string of the molecule is CCCOC(=O)[C@H]1[C@H](C(=O)OCC[Si](C)(C)C)C2CC(=NOCc3nnsc3Cl)[C@H]1c1cc(O)ccc12. The predicted octanol–water partition coefficient (Wildman–Crippen LogP) is 5.12. The zero-order valence-corrected chi connectivity index (χ0v) is 24.0. The van der Waals surface area contributed by atoms with Gasteiger partial charge in [-0.3, -0.25) is 9.59 Å². The van der Waals surface area contributed by atoms with Crippen molar-refractivity contribution < 1.29 is 29.0 Å². The molecule has 0 amide bonds. The van der Waals surface area contributed by atoms with E-state index in [9.17, 15) is 14.7 Å². The Morgan fingerprint density at radius 3 is 2.57 bits per heavy atom. The van der Waals surface area contributed by atoms with E-state index in [2.05, 4.69) is 34.4 Å². The number of aromatic hydroxyl groups is 1. The Hall–Kier alpha value is -2.50. The van der Waals surface area contributed by atoms with Gasteiger partial charge in [0.05, 0.1) is 30.8 Å². The molecule has 1 aromatic heterocycles. The van der Waals surface area contributed by atoms with Gasteiger partial charge in [-0.25, -0.2) is 0 Å². The van der Waals surface area contributed by atoms with Gasteiger partial charge in [0.1, 0.15) is 15.8 Å². The first-order chi connectivity index (χ1) is 17.6. The molecule has 1 unspecified atom stereocenters. The predicted molar refractivity (Wildman–Crippen MR) is 143 cm³/mol. The van der Waals surface area contributed by atoms with E-state index >= 15 is 0 Å². The maximum Gasteiger partial charge on any atom is 0.310 e. The van der Waals surface area contributed by atoms with E-state index in [4.69, 9.17) is 25.9 Å². The van der Waals surface area contributed by atoms with Crippen LogP contribution in [-0.2, 0) is 30.5 Å². The number of aromatic nitrogens is 2. The molecule has 37 heavy (non-hydrogen) atoms. The number of esters is 2. The Bertz CT molecular complexity index is 1180. The van der Waals surface area contributed by atoms with Gasteiger partial charge >= 0.3 is 11.9 Å². The quantitative estimate of drug-likeness (QED) is 0.239. The van der Waals surface area contributed by atoms with Gasteiger partial charge in [-0.15, -0.1) is 5.10 Å². The van der Waals surface area contributed by atoms with Crippen molar-refractivity contribution in [2.24, 2.45) is 17.0 Å². The van der Waals surface area contributed by atoms with Crippen molar-refractivity contribution in [1.29, 1.82) is 0 Å². The topological polar surface area (TPSA) is 120 Å². The number of benzene rings is 1. The Labute approximate surface area is 226 Å². The lowest BCUT2D eigenvalue weighted by Crippen LogP contribution is -2.51. The number of nitrogens with zero attached hydrogens (tertiary/aromatic N) is 3. The number of fused-ring (bicyclic) bond motifs is 2. The molecule has 3 aliphatic rings. The molecular formula is C25H32ClN3O6SSi. The molecule has 0 aliphatic heterocycles. The minimum atomic E-state index is -1.41. The summed E-state index contributed by atoms with van der Waals surface area (Å²) in [7, 11) is -1.41. The van der Waals surface area contributed by atoms with Crippen molar-refractivity contribution in [2.45, 2.75) is 63.9 Å². The van der Waals surface area contributed by atoms with Crippen molar-refractivity contribution in [3.8, 4) is 5.75 Å². The molecule has 1 heterocycles. The standard InChI is InChI=1S/C25H32ClN3O6SSi/c1-5-8-33-25(32)22-20-16-11-14(30)6-7-15(16)17(21(22)24(31)34-9-10-37(2,3)4)12-18(20)28-35-13-19-23(26)36-29-27-19/h6-7,11,17,20-22,30H,5,8-10,12-13H2,1-4H3/t17?,20-,21-,22-/m1/s1. The average molecular weight is 566 g/mol. The second kappa shape index (κ2) is 11.5. The van der Waals surface area contributed by atoms with Crippen LogP contribution in [0.4, 0.5) is 0 Å². The number of carbonyl (C=O) groups is 2. The first-order valence-electron chi connectivity index (χ1n) is 12.4. The van der Waals surface area contributed by atoms with Crippen molar-refractivity contribution >= 4 is 48.9 Å². The summed E-state index contributed by atoms with van der Waals surface area (Å²) in [4.78, 5) is 32.5. The average Bonchev–Trinajstić information content (AvgIpc) is 3.25. The number of phenols is 1. The smallest absolute Gasteiger partial charge is 0.310 e. The number of hydrogen-bond donors (Lipinski definition) is 1. The lowest BCUT2D eigenvalue weighted by molar-refractivity contribution is -0.163. The minimum absolute atomic E-state index is 0.0240. The molecule has 3 aliphatic carbocycles. The van der Waals surface area contributed by atoms with Crippen molar-refractivity contribution in [3.05, 3.63) is 39.4 Å². The van der Waals surface area contributed by atoms with Crippen LogP contribution >= 0.6 is 23.1 Å².